The van der Waals surface area contributed by atoms with Gasteiger partial charge in [0.1, 0.15) is 0 Å². The van der Waals surface area contributed by atoms with Crippen LogP contribution in [0.2, 0.25) is 0 Å². The lowest BCUT2D eigenvalue weighted by Crippen LogP contribution is -2.41. The van der Waals surface area contributed by atoms with Gasteiger partial charge >= 0.3 is 6.36 Å². The molecule has 0 spiro atoms. The predicted molar refractivity (Wildman–Crippen MR) is 127 cm³/mol. The highest BCUT2D eigenvalue weighted by atomic mass is 19.4. The Kier molecular flexibility index (Phi) is 6.90. The second-order valence-corrected chi connectivity index (χ2v) is 8.96. The third-order valence-corrected chi connectivity index (χ3v) is 6.29. The fourth-order valence-electron chi connectivity index (χ4n) is 4.55. The Morgan fingerprint density at radius 3 is 2.54 bits per heavy atom. The fraction of sp³-hybridized carbons (Fsp3) is 0.308. The monoisotopic (exact) mass is 512 g/mol. The summed E-state index contributed by atoms with van der Waals surface area (Å²) in [5.74, 6) is -1.51. The molecule has 37 heavy (non-hydrogen) atoms. The largest absolute Gasteiger partial charge is 0.573 e. The van der Waals surface area contributed by atoms with Crippen LogP contribution in [0.5, 0.6) is 5.75 Å². The normalized spacial score (nSPS) is 19.1. The molecule has 5 rings (SSSR count). The van der Waals surface area contributed by atoms with Crippen molar-refractivity contribution in [3.8, 4) is 17.0 Å². The van der Waals surface area contributed by atoms with Crippen LogP contribution in [-0.2, 0) is 16.0 Å². The first-order valence-corrected chi connectivity index (χ1v) is 11.7. The fourth-order valence-corrected chi connectivity index (χ4v) is 4.55. The molecule has 11 heteroatoms. The summed E-state index contributed by atoms with van der Waals surface area (Å²) in [7, 11) is 0. The van der Waals surface area contributed by atoms with Gasteiger partial charge in [-0.15, -0.1) is 13.2 Å². The van der Waals surface area contributed by atoms with E-state index in [1.165, 1.54) is 12.1 Å². The molecule has 2 aliphatic rings. The van der Waals surface area contributed by atoms with Crippen molar-refractivity contribution in [1.29, 1.82) is 0 Å². The van der Waals surface area contributed by atoms with Crippen LogP contribution in [0.25, 0.3) is 11.3 Å². The molecular formula is C26H23F3N4O4. The van der Waals surface area contributed by atoms with E-state index in [2.05, 4.69) is 20.3 Å². The Bertz CT molecular complexity index is 1290. The molecule has 2 aromatic carbocycles. The standard InChI is InChI=1S/C26H23F3N4O4/c27-26(28,29)37-24-9-6-17(10-22(24)30-25(35)14-33-13-20-12-19(33)15-36-20)23(34)11-18-7-8-21(32-31-18)16-4-2-1-3-5-16/h1-10,19-20H,11-15H2,(H,30,35)/t19-,20-/m0/s1. The summed E-state index contributed by atoms with van der Waals surface area (Å²) >= 11 is 0. The number of ether oxygens (including phenoxy) is 2. The minimum Gasteiger partial charge on any atom is -0.404 e. The van der Waals surface area contributed by atoms with Gasteiger partial charge in [0, 0.05) is 23.7 Å². The average molecular weight is 512 g/mol. The van der Waals surface area contributed by atoms with Gasteiger partial charge in [0.25, 0.3) is 0 Å². The Morgan fingerprint density at radius 2 is 1.89 bits per heavy atom. The number of fused-ring (bicyclic) bond motifs is 2. The number of halogens is 3. The number of Topliss-reactive ketones (excluding diaryl/α,β-unsaturated/α-hetero) is 1. The van der Waals surface area contributed by atoms with Gasteiger partial charge < -0.3 is 14.8 Å². The van der Waals surface area contributed by atoms with Crippen molar-refractivity contribution in [2.24, 2.45) is 0 Å². The molecule has 3 aromatic rings. The number of likely N-dealkylation sites (tertiary alicyclic amines) is 1. The molecule has 192 valence electrons. The number of morpholine rings is 1. The maximum Gasteiger partial charge on any atom is 0.573 e. The van der Waals surface area contributed by atoms with E-state index >= 15 is 0 Å². The first kappa shape index (κ1) is 24.8. The number of ketones is 1. The molecule has 1 amide bonds. The molecule has 2 aliphatic heterocycles. The predicted octanol–water partition coefficient (Wildman–Crippen LogP) is 3.88. The van der Waals surface area contributed by atoms with Crippen molar-refractivity contribution < 1.29 is 32.2 Å². The lowest BCUT2D eigenvalue weighted by molar-refractivity contribution is -0.274. The molecule has 3 heterocycles. The Morgan fingerprint density at radius 1 is 1.08 bits per heavy atom. The number of hydrogen-bond acceptors (Lipinski definition) is 7. The second-order valence-electron chi connectivity index (χ2n) is 8.96. The van der Waals surface area contributed by atoms with Gasteiger partial charge in [-0.2, -0.15) is 10.2 Å². The molecule has 8 nitrogen and oxygen atoms in total. The number of amides is 1. The summed E-state index contributed by atoms with van der Waals surface area (Å²) in [5, 5.41) is 10.7. The van der Waals surface area contributed by atoms with Crippen LogP contribution in [0.1, 0.15) is 22.5 Å². The van der Waals surface area contributed by atoms with E-state index in [1.54, 1.807) is 12.1 Å². The number of anilines is 1. The number of carbonyl (C=O) groups is 2. The third kappa shape index (κ3) is 6.12. The second kappa shape index (κ2) is 10.3. The highest BCUT2D eigenvalue weighted by Crippen LogP contribution is 2.32. The van der Waals surface area contributed by atoms with Crippen molar-refractivity contribution in [1.82, 2.24) is 15.1 Å². The van der Waals surface area contributed by atoms with Gasteiger partial charge in [-0.05, 0) is 36.8 Å². The maximum atomic E-state index is 13.0. The summed E-state index contributed by atoms with van der Waals surface area (Å²) in [4.78, 5) is 27.5. The minimum absolute atomic E-state index is 0.00247. The number of aromatic nitrogens is 2. The lowest BCUT2D eigenvalue weighted by Gasteiger charge is -2.26. The zero-order chi connectivity index (χ0) is 26.0. The van der Waals surface area contributed by atoms with Gasteiger partial charge in [0.15, 0.2) is 11.5 Å². The number of nitrogens with one attached hydrogen (secondary N) is 1. The Labute approximate surface area is 210 Å². The third-order valence-electron chi connectivity index (χ3n) is 6.29. The van der Waals surface area contributed by atoms with E-state index in [0.29, 0.717) is 24.5 Å². The molecule has 0 saturated carbocycles. The van der Waals surface area contributed by atoms with E-state index < -0.39 is 23.8 Å². The van der Waals surface area contributed by atoms with Crippen LogP contribution in [0.4, 0.5) is 18.9 Å². The zero-order valence-electron chi connectivity index (χ0n) is 19.6. The van der Waals surface area contributed by atoms with Crippen LogP contribution in [0, 0.1) is 0 Å². The quantitative estimate of drug-likeness (QED) is 0.458. The van der Waals surface area contributed by atoms with Gasteiger partial charge in [-0.3, -0.25) is 14.5 Å². The first-order valence-electron chi connectivity index (χ1n) is 11.7. The number of alkyl halides is 3. The van der Waals surface area contributed by atoms with E-state index in [-0.39, 0.29) is 36.4 Å². The number of rotatable bonds is 8. The number of carbonyl (C=O) groups excluding carboxylic acids is 2. The first-order chi connectivity index (χ1) is 17.7. The molecule has 2 bridgehead atoms. The SMILES string of the molecule is O=C(CN1C[C@@H]2C[C@H]1CO2)Nc1cc(C(=O)Cc2ccc(-c3ccccc3)nn2)ccc1OC(F)(F)F. The molecule has 2 saturated heterocycles. The smallest absolute Gasteiger partial charge is 0.404 e. The van der Waals surface area contributed by atoms with Gasteiger partial charge in [-0.1, -0.05) is 30.3 Å². The number of nitrogens with zero attached hydrogens (tertiary/aromatic N) is 3. The van der Waals surface area contributed by atoms with Crippen molar-refractivity contribution >= 4 is 17.4 Å². The van der Waals surface area contributed by atoms with Crippen molar-refractivity contribution in [2.75, 3.05) is 25.0 Å². The average Bonchev–Trinajstić information content (AvgIpc) is 3.49. The highest BCUT2D eigenvalue weighted by Gasteiger charge is 2.39. The lowest BCUT2D eigenvalue weighted by atomic mass is 10.0. The molecular weight excluding hydrogens is 489 g/mol. The molecule has 2 fully saturated rings. The van der Waals surface area contributed by atoms with Gasteiger partial charge in [0.05, 0.1) is 42.8 Å². The maximum absolute atomic E-state index is 13.0. The Hall–Kier alpha value is -3.83. The number of benzene rings is 2. The van der Waals surface area contributed by atoms with Crippen LogP contribution < -0.4 is 10.1 Å². The van der Waals surface area contributed by atoms with Crippen LogP contribution >= 0.6 is 0 Å². The Balaban J connectivity index is 1.29. The molecule has 1 N–H and O–H groups in total. The van der Waals surface area contributed by atoms with Gasteiger partial charge in [0.2, 0.25) is 5.91 Å². The molecule has 1 aromatic heterocycles. The van der Waals surface area contributed by atoms with Crippen molar-refractivity contribution in [2.45, 2.75) is 31.3 Å². The van der Waals surface area contributed by atoms with E-state index in [0.717, 1.165) is 18.1 Å². The van der Waals surface area contributed by atoms with E-state index in [1.807, 2.05) is 35.2 Å². The van der Waals surface area contributed by atoms with Gasteiger partial charge in [-0.25, -0.2) is 0 Å². The zero-order valence-corrected chi connectivity index (χ0v) is 19.6. The van der Waals surface area contributed by atoms with Crippen LogP contribution in [0.3, 0.4) is 0 Å². The van der Waals surface area contributed by atoms with E-state index in [4.69, 9.17) is 4.74 Å². The van der Waals surface area contributed by atoms with Crippen molar-refractivity contribution in [3.63, 3.8) is 0 Å². The minimum atomic E-state index is -4.97. The molecule has 2 atom stereocenters. The topological polar surface area (TPSA) is 93.7 Å². The summed E-state index contributed by atoms with van der Waals surface area (Å²) in [6.07, 6.45) is -4.18. The van der Waals surface area contributed by atoms with E-state index in [9.17, 15) is 22.8 Å². The summed E-state index contributed by atoms with van der Waals surface area (Å²) < 4.78 is 48.4. The van der Waals surface area contributed by atoms with Crippen LogP contribution in [-0.4, -0.2) is 65.0 Å². The molecule has 0 aliphatic carbocycles. The highest BCUT2D eigenvalue weighted by molar-refractivity contribution is 6.00. The summed E-state index contributed by atoms with van der Waals surface area (Å²) in [6, 6.07) is 16.4. The summed E-state index contributed by atoms with van der Waals surface area (Å²) in [5.41, 5.74) is 1.79. The summed E-state index contributed by atoms with van der Waals surface area (Å²) in [6.45, 7) is 1.11. The number of hydrogen-bond donors (Lipinski definition) is 1. The van der Waals surface area contributed by atoms with Crippen LogP contribution in [0.15, 0.2) is 60.7 Å². The van der Waals surface area contributed by atoms with Crippen molar-refractivity contribution in [3.05, 3.63) is 71.9 Å². The molecule has 0 radical (unpaired) electrons. The molecule has 0 unspecified atom stereocenters.